The number of nitrogens with two attached hydrogens (primary N) is 1. The number of alkyl halides is 1. The number of carbonyl (C=O) groups is 1. The Hall–Kier alpha value is -4.03. The van der Waals surface area contributed by atoms with Gasteiger partial charge in [-0.1, -0.05) is 6.92 Å². The molecule has 2 aliphatic rings. The van der Waals surface area contributed by atoms with Crippen LogP contribution in [0.25, 0.3) is 16.8 Å². The summed E-state index contributed by atoms with van der Waals surface area (Å²) in [7, 11) is 1.79. The summed E-state index contributed by atoms with van der Waals surface area (Å²) in [6, 6.07) is 6.82. The average molecular weight is 580 g/mol. The van der Waals surface area contributed by atoms with Crippen LogP contribution in [-0.4, -0.2) is 62.7 Å². The Morgan fingerprint density at radius 3 is 2.55 bits per heavy atom. The van der Waals surface area contributed by atoms with Gasteiger partial charge in [0.15, 0.2) is 5.67 Å². The molecule has 2 fully saturated rings. The maximum absolute atomic E-state index is 15.1. The van der Waals surface area contributed by atoms with E-state index < -0.39 is 17.3 Å². The van der Waals surface area contributed by atoms with E-state index in [4.69, 9.17) is 10.5 Å². The lowest BCUT2D eigenvalue weighted by molar-refractivity contribution is -0.135. The number of hydrogen-bond acceptors (Lipinski definition) is 7. The summed E-state index contributed by atoms with van der Waals surface area (Å²) in [5.41, 5.74) is 6.57. The van der Waals surface area contributed by atoms with Crippen LogP contribution in [0.5, 0.6) is 0 Å². The number of benzene rings is 1. The molecule has 3 aromatic heterocycles. The van der Waals surface area contributed by atoms with E-state index in [-0.39, 0.29) is 59.9 Å². The van der Waals surface area contributed by atoms with Crippen molar-refractivity contribution >= 4 is 23.1 Å². The molecule has 42 heavy (non-hydrogen) atoms. The lowest BCUT2D eigenvalue weighted by atomic mass is 9.73. The summed E-state index contributed by atoms with van der Waals surface area (Å²) >= 11 is 0. The van der Waals surface area contributed by atoms with Crippen molar-refractivity contribution in [3.05, 3.63) is 71.7 Å². The van der Waals surface area contributed by atoms with Crippen molar-refractivity contribution in [1.82, 2.24) is 24.5 Å². The van der Waals surface area contributed by atoms with Crippen molar-refractivity contribution in [3.63, 3.8) is 0 Å². The number of hydrogen-bond donors (Lipinski definition) is 2. The van der Waals surface area contributed by atoms with Crippen LogP contribution in [0, 0.1) is 17.6 Å². The smallest absolute Gasteiger partial charge is 0.229 e. The van der Waals surface area contributed by atoms with Crippen LogP contribution in [0.1, 0.15) is 43.7 Å². The van der Waals surface area contributed by atoms with Crippen molar-refractivity contribution in [2.75, 3.05) is 25.6 Å². The second-order valence-electron chi connectivity index (χ2n) is 11.4. The zero-order valence-corrected chi connectivity index (χ0v) is 23.5. The van der Waals surface area contributed by atoms with Gasteiger partial charge in [0.25, 0.3) is 0 Å². The normalized spacial score (nSPS) is 23.4. The number of rotatable bonds is 6. The molecule has 0 radical (unpaired) electrons. The van der Waals surface area contributed by atoms with E-state index >= 15 is 8.78 Å². The predicted octanol–water partition coefficient (Wildman–Crippen LogP) is 4.70. The van der Waals surface area contributed by atoms with Gasteiger partial charge in [0.2, 0.25) is 11.9 Å². The Bertz CT molecular complexity index is 1620. The minimum absolute atomic E-state index is 0.0138. The number of nitrogens with zero attached hydrogens (tertiary/aromatic N) is 5. The first-order valence-electron chi connectivity index (χ1n) is 13.9. The van der Waals surface area contributed by atoms with Crippen LogP contribution in [0.3, 0.4) is 0 Å². The molecule has 12 heteroatoms. The summed E-state index contributed by atoms with van der Waals surface area (Å²) in [4.78, 5) is 22.5. The van der Waals surface area contributed by atoms with Crippen molar-refractivity contribution in [2.24, 2.45) is 11.7 Å². The third-order valence-electron chi connectivity index (χ3n) is 8.58. The number of imidazole rings is 1. The zero-order chi connectivity index (χ0) is 29.8. The van der Waals surface area contributed by atoms with Gasteiger partial charge in [0.1, 0.15) is 11.6 Å². The molecular weight excluding hydrogens is 547 g/mol. The Morgan fingerprint density at radius 2 is 1.90 bits per heavy atom. The lowest BCUT2D eigenvalue weighted by Gasteiger charge is -2.43. The molecule has 4 aromatic rings. The van der Waals surface area contributed by atoms with Gasteiger partial charge in [-0.3, -0.25) is 9.78 Å². The molecule has 220 valence electrons. The van der Waals surface area contributed by atoms with Gasteiger partial charge in [0.05, 0.1) is 48.1 Å². The highest BCUT2D eigenvalue weighted by Gasteiger charge is 2.42. The molecule has 0 bridgehead atoms. The quantitative estimate of drug-likeness (QED) is 0.341. The second kappa shape index (κ2) is 10.7. The zero-order valence-electron chi connectivity index (χ0n) is 23.5. The number of nitrogens with one attached hydrogen (secondary N) is 1. The van der Waals surface area contributed by atoms with Crippen molar-refractivity contribution in [3.8, 4) is 11.3 Å². The number of fused-ring (bicyclic) bond motifs is 1. The highest BCUT2D eigenvalue weighted by Crippen LogP contribution is 2.41. The lowest BCUT2D eigenvalue weighted by Crippen LogP contribution is -2.54. The standard InChI is InChI=1S/C30H32F3N7O2/c1-16-8-18(9-24(34)28(16)39(3)17(2)41)21-6-7-35-13-26(21)37-29-36-12-20-4-5-25(38-40(20)29)27-22(31)10-19(11-23(27)32)30(33)14-42-15-30/h4-7,10-13,16,18,24,28H,8-9,14-15,34H2,1-3H3,(H,36,37). The molecule has 1 saturated carbocycles. The van der Waals surface area contributed by atoms with Crippen LogP contribution < -0.4 is 11.1 Å². The number of anilines is 2. The van der Waals surface area contributed by atoms with Crippen LogP contribution in [0.15, 0.2) is 48.9 Å². The van der Waals surface area contributed by atoms with Gasteiger partial charge in [-0.2, -0.15) is 9.61 Å². The molecule has 6 rings (SSSR count). The monoisotopic (exact) mass is 579 g/mol. The largest absolute Gasteiger partial charge is 0.374 e. The molecule has 4 unspecified atom stereocenters. The van der Waals surface area contributed by atoms with E-state index in [0.717, 1.165) is 24.1 Å². The molecule has 1 saturated heterocycles. The number of halogens is 3. The van der Waals surface area contributed by atoms with Crippen molar-refractivity contribution in [2.45, 2.75) is 50.4 Å². The van der Waals surface area contributed by atoms with E-state index in [1.54, 1.807) is 43.5 Å². The molecule has 3 N–H and O–H groups in total. The molecule has 1 aliphatic carbocycles. The van der Waals surface area contributed by atoms with E-state index in [0.29, 0.717) is 23.6 Å². The molecule has 1 aromatic carbocycles. The van der Waals surface area contributed by atoms with Crippen LogP contribution in [-0.2, 0) is 15.2 Å². The Labute approximate surface area is 240 Å². The molecule has 9 nitrogen and oxygen atoms in total. The fraction of sp³-hybridized carbons (Fsp3) is 0.400. The first-order chi connectivity index (χ1) is 20.1. The Kier molecular flexibility index (Phi) is 7.14. The highest BCUT2D eigenvalue weighted by molar-refractivity contribution is 5.73. The topological polar surface area (TPSA) is 111 Å². The third-order valence-corrected chi connectivity index (χ3v) is 8.58. The fourth-order valence-corrected chi connectivity index (χ4v) is 6.32. The average Bonchev–Trinajstić information content (AvgIpc) is 3.33. The van der Waals surface area contributed by atoms with Gasteiger partial charge < -0.3 is 20.7 Å². The fourth-order valence-electron chi connectivity index (χ4n) is 6.32. The molecular formula is C30H32F3N7O2. The number of carbonyl (C=O) groups excluding carboxylic acids is 1. The summed E-state index contributed by atoms with van der Waals surface area (Å²) in [6.45, 7) is 3.18. The molecule has 0 spiro atoms. The van der Waals surface area contributed by atoms with Crippen LogP contribution >= 0.6 is 0 Å². The minimum atomic E-state index is -1.90. The van der Waals surface area contributed by atoms with Gasteiger partial charge in [0, 0.05) is 32.3 Å². The molecule has 4 atom stereocenters. The molecule has 1 amide bonds. The number of pyridine rings is 1. The van der Waals surface area contributed by atoms with E-state index in [1.807, 2.05) is 6.07 Å². The van der Waals surface area contributed by atoms with E-state index in [9.17, 15) is 9.18 Å². The minimum Gasteiger partial charge on any atom is -0.374 e. The predicted molar refractivity (Wildman–Crippen MR) is 151 cm³/mol. The molecule has 4 heterocycles. The summed E-state index contributed by atoms with van der Waals surface area (Å²) in [5, 5.41) is 7.77. The Morgan fingerprint density at radius 1 is 1.17 bits per heavy atom. The maximum atomic E-state index is 15.1. The van der Waals surface area contributed by atoms with Gasteiger partial charge in [-0.05, 0) is 66.1 Å². The summed E-state index contributed by atoms with van der Waals surface area (Å²) in [5.74, 6) is -1.24. The van der Waals surface area contributed by atoms with E-state index in [1.165, 1.54) is 10.6 Å². The third kappa shape index (κ3) is 4.88. The van der Waals surface area contributed by atoms with Crippen LogP contribution in [0.4, 0.5) is 24.8 Å². The Balaban J connectivity index is 1.30. The number of aromatic nitrogens is 4. The van der Waals surface area contributed by atoms with Crippen LogP contribution in [0.2, 0.25) is 0 Å². The van der Waals surface area contributed by atoms with E-state index in [2.05, 4.69) is 27.3 Å². The highest BCUT2D eigenvalue weighted by atomic mass is 19.1. The maximum Gasteiger partial charge on any atom is 0.229 e. The number of likely N-dealkylation sites (N-methyl/N-ethyl adjacent to an activating group) is 1. The summed E-state index contributed by atoms with van der Waals surface area (Å²) < 4.78 is 51.4. The number of ether oxygens (including phenoxy) is 1. The van der Waals surface area contributed by atoms with Crippen molar-refractivity contribution < 1.29 is 22.7 Å². The number of amides is 1. The first-order valence-corrected chi connectivity index (χ1v) is 13.9. The summed E-state index contributed by atoms with van der Waals surface area (Å²) in [6.07, 6.45) is 6.50. The van der Waals surface area contributed by atoms with Crippen molar-refractivity contribution in [1.29, 1.82) is 0 Å². The van der Waals surface area contributed by atoms with Gasteiger partial charge in [-0.15, -0.1) is 0 Å². The van der Waals surface area contributed by atoms with Gasteiger partial charge >= 0.3 is 0 Å². The molecule has 1 aliphatic heterocycles. The first kappa shape index (κ1) is 28.1. The SMILES string of the molecule is CC(=O)N(C)C1C(C)CC(c2ccncc2Nc2ncc3ccc(-c4c(F)cc(C5(F)COC5)cc4F)nn23)CC1N. The van der Waals surface area contributed by atoms with Gasteiger partial charge in [-0.25, -0.2) is 18.2 Å². The second-order valence-corrected chi connectivity index (χ2v) is 11.4.